The molecule has 0 saturated carbocycles. The average Bonchev–Trinajstić information content (AvgIpc) is 3.72. The molecule has 4 bridgehead atoms. The van der Waals surface area contributed by atoms with Gasteiger partial charge in [-0.1, -0.05) is 60.1 Å². The Bertz CT molecular complexity index is 2830. The van der Waals surface area contributed by atoms with Crippen LogP contribution in [0, 0.1) is 5.82 Å². The van der Waals surface area contributed by atoms with E-state index in [2.05, 4.69) is 39.9 Å². The van der Waals surface area contributed by atoms with Crippen LogP contribution in [0.3, 0.4) is 0 Å². The number of carbonyl (C=O) groups is 1. The van der Waals surface area contributed by atoms with Crippen molar-refractivity contribution < 1.29 is 43.8 Å². The summed E-state index contributed by atoms with van der Waals surface area (Å²) in [5.41, 5.74) is 4.67. The van der Waals surface area contributed by atoms with Crippen molar-refractivity contribution in [2.24, 2.45) is 0 Å². The Labute approximate surface area is 381 Å². The number of para-hydroxylation sites is 1. The zero-order chi connectivity index (χ0) is 44.9. The number of esters is 1. The lowest BCUT2D eigenvalue weighted by Crippen LogP contribution is -2.46. The van der Waals surface area contributed by atoms with Crippen LogP contribution in [0.25, 0.3) is 43.2 Å². The molecule has 1 atom stereocenters. The number of rotatable bonds is 11. The molecule has 0 radical (unpaired) electrons. The van der Waals surface area contributed by atoms with Gasteiger partial charge in [-0.3, -0.25) is 9.80 Å². The highest BCUT2D eigenvalue weighted by Gasteiger charge is 2.31. The highest BCUT2D eigenvalue weighted by molar-refractivity contribution is 7.22. The molecule has 0 amide bonds. The second-order valence-electron chi connectivity index (χ2n) is 15.5. The average molecular weight is 920 g/mol. The van der Waals surface area contributed by atoms with Gasteiger partial charge in [0.25, 0.3) is 0 Å². The Morgan fingerprint density at radius 1 is 0.923 bits per heavy atom. The molecule has 3 aromatic heterocycles. The van der Waals surface area contributed by atoms with E-state index >= 15 is 0 Å². The lowest BCUT2D eigenvalue weighted by molar-refractivity contribution is -0.160. The third kappa shape index (κ3) is 9.72. The smallest absolute Gasteiger partial charge is 0.349 e. The van der Waals surface area contributed by atoms with Gasteiger partial charge in [-0.05, 0) is 58.7 Å². The first kappa shape index (κ1) is 43.9. The number of aromatic hydroxyl groups is 1. The summed E-state index contributed by atoms with van der Waals surface area (Å²) >= 11 is 8.40. The van der Waals surface area contributed by atoms with Gasteiger partial charge in [-0.25, -0.2) is 34.4 Å². The summed E-state index contributed by atoms with van der Waals surface area (Å²) in [5.74, 6) is -0.526. The minimum Gasteiger partial charge on any atom is -0.506 e. The molecule has 334 valence electrons. The van der Waals surface area contributed by atoms with Gasteiger partial charge in [0.05, 0.1) is 21.7 Å². The fourth-order valence-electron chi connectivity index (χ4n) is 8.10. The Morgan fingerprint density at radius 2 is 1.74 bits per heavy atom. The Kier molecular flexibility index (Phi) is 13.4. The van der Waals surface area contributed by atoms with Crippen molar-refractivity contribution in [3.63, 3.8) is 0 Å². The van der Waals surface area contributed by atoms with Crippen molar-refractivity contribution in [2.45, 2.75) is 32.2 Å². The van der Waals surface area contributed by atoms with Crippen molar-refractivity contribution in [1.82, 2.24) is 35.1 Å². The van der Waals surface area contributed by atoms with Crippen LogP contribution in [0.1, 0.15) is 22.4 Å². The fourth-order valence-corrected chi connectivity index (χ4v) is 9.48. The van der Waals surface area contributed by atoms with Crippen molar-refractivity contribution in [3.05, 3.63) is 131 Å². The molecule has 0 aliphatic carbocycles. The maximum Gasteiger partial charge on any atom is 0.349 e. The number of aliphatic hydroxyl groups is 1. The number of carbonyl (C=O) groups excluding carboxylic acids is 1. The summed E-state index contributed by atoms with van der Waals surface area (Å²) in [6, 6.07) is 23.9. The number of hydrogen-bond acceptors (Lipinski definition) is 16. The molecule has 4 N–H and O–H groups in total. The molecule has 3 aliphatic rings. The van der Waals surface area contributed by atoms with Gasteiger partial charge in [-0.2, -0.15) is 0 Å². The highest BCUT2D eigenvalue weighted by atomic mass is 35.5. The van der Waals surface area contributed by atoms with Crippen LogP contribution in [0.5, 0.6) is 23.1 Å². The van der Waals surface area contributed by atoms with Gasteiger partial charge in [0.2, 0.25) is 12.0 Å². The fraction of sp³-hybridized carbons (Fsp3) is 0.255. The van der Waals surface area contributed by atoms with Gasteiger partial charge < -0.3 is 34.6 Å². The number of thiophene rings is 1. The van der Waals surface area contributed by atoms with E-state index in [0.717, 1.165) is 38.3 Å². The number of halogens is 2. The Hall–Kier alpha value is -6.31. The number of hydrogen-bond donors (Lipinski definition) is 4. The summed E-state index contributed by atoms with van der Waals surface area (Å²) in [4.78, 5) is 42.3. The number of nitrogens with one attached hydrogen (secondary N) is 1. The molecular weight excluding hydrogens is 877 g/mol. The summed E-state index contributed by atoms with van der Waals surface area (Å²) in [6.45, 7) is 5.05. The van der Waals surface area contributed by atoms with Crippen LogP contribution in [-0.2, 0) is 35.6 Å². The zero-order valence-electron chi connectivity index (χ0n) is 34.8. The number of aromatic nitrogens is 4. The van der Waals surface area contributed by atoms with Crippen LogP contribution < -0.4 is 19.7 Å². The summed E-state index contributed by atoms with van der Waals surface area (Å²) < 4.78 is 32.5. The molecule has 0 unspecified atom stereocenters. The van der Waals surface area contributed by atoms with E-state index in [-0.39, 0.29) is 35.4 Å². The van der Waals surface area contributed by atoms with Crippen LogP contribution in [0.2, 0.25) is 5.02 Å². The normalized spacial score (nSPS) is 15.7. The van der Waals surface area contributed by atoms with E-state index in [1.807, 2.05) is 24.3 Å². The number of nitrogens with zero attached hydrogens (tertiary/aromatic N) is 6. The highest BCUT2D eigenvalue weighted by Crippen LogP contribution is 2.51. The van der Waals surface area contributed by atoms with Crippen LogP contribution in [0.4, 0.5) is 4.39 Å². The van der Waals surface area contributed by atoms with Crippen molar-refractivity contribution in [1.29, 1.82) is 0 Å². The van der Waals surface area contributed by atoms with E-state index in [0.29, 0.717) is 85.4 Å². The molecule has 65 heavy (non-hydrogen) atoms. The first-order chi connectivity index (χ1) is 31.8. The standard InChI is InChI=1S/C47H43ClFN7O8S/c48-41-30-8-11-35(42(41)58)39-40-45(52-26-53-46(40)65-43(39)29-6-9-32(49)10-7-29)63-38(47(59)62-27-57)22-31-21-28(23-56(24-30)20-19-55-17-15-50-16-18-55)5-12-36(31)61-25-33-13-14-51-44(54-33)34-3-1-2-4-37(34)64-60/h1-14,21,26,38,50,57-58,60H,15-20,22-25,27H2/t38-/m1/s1. The minimum absolute atomic E-state index is 0.000407. The predicted molar refractivity (Wildman–Crippen MR) is 241 cm³/mol. The number of phenols is 1. The molecule has 4 aromatic carbocycles. The van der Waals surface area contributed by atoms with E-state index in [1.54, 1.807) is 54.7 Å². The SMILES string of the molecule is O=C(OCO)[C@H]1Cc2cc(ccc2OCc2ccnc(-c3ccccc3OO)n2)CN(CCN2CCNCC2)Cc2ccc(c(O)c2Cl)-c2c(-c3ccc(F)cc3)sc3ncnc(c23)O1. The topological polar surface area (TPSA) is 185 Å². The first-order valence-electron chi connectivity index (χ1n) is 20.9. The second kappa shape index (κ2) is 19.8. The maximum absolute atomic E-state index is 14.3. The molecule has 15 nitrogen and oxygen atoms in total. The number of piperazine rings is 1. The maximum atomic E-state index is 14.3. The third-order valence-electron chi connectivity index (χ3n) is 11.3. The van der Waals surface area contributed by atoms with Crippen LogP contribution >= 0.6 is 22.9 Å². The monoisotopic (exact) mass is 919 g/mol. The molecule has 18 heteroatoms. The molecule has 0 spiro atoms. The van der Waals surface area contributed by atoms with Gasteiger partial charge >= 0.3 is 5.97 Å². The minimum atomic E-state index is -1.38. The third-order valence-corrected chi connectivity index (χ3v) is 12.9. The first-order valence-corrected chi connectivity index (χ1v) is 22.1. The van der Waals surface area contributed by atoms with Crippen molar-refractivity contribution >= 4 is 39.1 Å². The Morgan fingerprint density at radius 3 is 2.55 bits per heavy atom. The molecule has 7 aromatic rings. The second-order valence-corrected chi connectivity index (χ2v) is 16.9. The number of ether oxygens (including phenoxy) is 3. The number of benzene rings is 4. The number of fused-ring (bicyclic) bond motifs is 6. The van der Waals surface area contributed by atoms with Crippen LogP contribution in [-0.4, -0.2) is 103 Å². The van der Waals surface area contributed by atoms with Gasteiger partial charge in [0.1, 0.15) is 35.1 Å². The number of phenolic OH excluding ortho intramolecular Hbond substituents is 1. The lowest BCUT2D eigenvalue weighted by atomic mass is 9.97. The molecular formula is C47H43ClFN7O8S. The lowest BCUT2D eigenvalue weighted by Gasteiger charge is -2.31. The largest absolute Gasteiger partial charge is 0.506 e. The van der Waals surface area contributed by atoms with Crippen molar-refractivity contribution in [3.8, 4) is 56.1 Å². The quantitative estimate of drug-likeness (QED) is 0.0445. The van der Waals surface area contributed by atoms with E-state index in [4.69, 9.17) is 25.8 Å². The van der Waals surface area contributed by atoms with E-state index in [1.165, 1.54) is 29.8 Å². The van der Waals surface area contributed by atoms with Gasteiger partial charge in [0.15, 0.2) is 18.4 Å². The predicted octanol–water partition coefficient (Wildman–Crippen LogP) is 7.12. The summed E-state index contributed by atoms with van der Waals surface area (Å²) in [6.07, 6.45) is 1.43. The molecule has 1 fully saturated rings. The zero-order valence-corrected chi connectivity index (χ0v) is 36.4. The molecule has 3 aliphatic heterocycles. The van der Waals surface area contributed by atoms with Gasteiger partial charge in [0, 0.05) is 81.0 Å². The summed E-state index contributed by atoms with van der Waals surface area (Å²) in [5, 5.41) is 35.3. The molecule has 6 heterocycles. The molecule has 1 saturated heterocycles. The van der Waals surface area contributed by atoms with Crippen molar-refractivity contribution in [2.75, 3.05) is 46.1 Å². The Balaban J connectivity index is 1.16. The van der Waals surface area contributed by atoms with Crippen LogP contribution in [0.15, 0.2) is 97.5 Å². The summed E-state index contributed by atoms with van der Waals surface area (Å²) in [7, 11) is 0. The van der Waals surface area contributed by atoms with E-state index in [9.17, 15) is 24.7 Å². The van der Waals surface area contributed by atoms with Gasteiger partial charge in [-0.15, -0.1) is 11.3 Å². The molecule has 10 rings (SSSR count). The van der Waals surface area contributed by atoms with E-state index < -0.39 is 24.7 Å². The number of aliphatic hydroxyl groups excluding tert-OH is 1.